The topological polar surface area (TPSA) is 40.5 Å². The summed E-state index contributed by atoms with van der Waals surface area (Å²) in [5.74, 6) is -0.764. The van der Waals surface area contributed by atoms with E-state index in [-0.39, 0.29) is 7.43 Å². The third kappa shape index (κ3) is 2.50. The molecule has 0 heterocycles. The molecule has 0 radical (unpaired) electrons. The van der Waals surface area contributed by atoms with Gasteiger partial charge >= 0.3 is 5.97 Å². The zero-order valence-corrected chi connectivity index (χ0v) is 7.01. The lowest BCUT2D eigenvalue weighted by atomic mass is 9.98. The van der Waals surface area contributed by atoms with Gasteiger partial charge in [0.15, 0.2) is 0 Å². The van der Waals surface area contributed by atoms with E-state index in [9.17, 15) is 4.79 Å². The molecule has 0 fully saturated rings. The van der Waals surface area contributed by atoms with E-state index in [4.69, 9.17) is 5.11 Å². The van der Waals surface area contributed by atoms with Crippen LogP contribution in [-0.2, 0) is 4.79 Å². The molecule has 0 aromatic carbocycles. The number of nitrogens with zero attached hydrogens (tertiary/aromatic N) is 1. The Balaban J connectivity index is 0. The highest BCUT2D eigenvalue weighted by molar-refractivity contribution is 5.78. The molecule has 0 aliphatic heterocycles. The van der Waals surface area contributed by atoms with Crippen LogP contribution in [0, 0.1) is 0 Å². The van der Waals surface area contributed by atoms with Crippen LogP contribution in [0.15, 0.2) is 0 Å². The van der Waals surface area contributed by atoms with Gasteiger partial charge < -0.3 is 5.11 Å². The van der Waals surface area contributed by atoms with Gasteiger partial charge in [-0.1, -0.05) is 14.4 Å². The molecule has 0 aromatic rings. The molecule has 0 spiro atoms. The molecule has 1 N–H and O–H groups in total. The standard InChI is InChI=1S/C7H15NO2.CH4/c1-5-7(2,6(9)10)8(3)4;/h5H2,1-4H3,(H,9,10);1H4. The monoisotopic (exact) mass is 161 g/mol. The smallest absolute Gasteiger partial charge is 0.323 e. The molecule has 0 aliphatic rings. The lowest BCUT2D eigenvalue weighted by Crippen LogP contribution is -2.47. The number of hydrogen-bond acceptors (Lipinski definition) is 2. The number of aliphatic carboxylic acids is 1. The number of carboxylic acids is 1. The molecule has 1 unspecified atom stereocenters. The Kier molecular flexibility index (Phi) is 5.15. The van der Waals surface area contributed by atoms with Crippen LogP contribution in [0.25, 0.3) is 0 Å². The maximum atomic E-state index is 10.7. The van der Waals surface area contributed by atoms with Gasteiger partial charge in [-0.05, 0) is 27.4 Å². The highest BCUT2D eigenvalue weighted by Gasteiger charge is 2.32. The summed E-state index contributed by atoms with van der Waals surface area (Å²) in [6.07, 6.45) is 0.620. The fraction of sp³-hybridized carbons (Fsp3) is 0.875. The minimum absolute atomic E-state index is 0. The van der Waals surface area contributed by atoms with Gasteiger partial charge in [-0.15, -0.1) is 0 Å². The second kappa shape index (κ2) is 4.34. The van der Waals surface area contributed by atoms with Gasteiger partial charge in [0, 0.05) is 0 Å². The van der Waals surface area contributed by atoms with Crippen molar-refractivity contribution in [1.82, 2.24) is 4.90 Å². The second-order valence-electron chi connectivity index (χ2n) is 2.83. The molecule has 68 valence electrons. The number of likely N-dealkylation sites (N-methyl/N-ethyl adjacent to an activating group) is 1. The first-order valence-electron chi connectivity index (χ1n) is 3.36. The van der Waals surface area contributed by atoms with Gasteiger partial charge in [0.25, 0.3) is 0 Å². The van der Waals surface area contributed by atoms with E-state index in [0.29, 0.717) is 6.42 Å². The Morgan fingerprint density at radius 3 is 1.91 bits per heavy atom. The van der Waals surface area contributed by atoms with Gasteiger partial charge in [0.2, 0.25) is 0 Å². The van der Waals surface area contributed by atoms with Crippen molar-refractivity contribution in [3.63, 3.8) is 0 Å². The first-order valence-corrected chi connectivity index (χ1v) is 3.36. The third-order valence-corrected chi connectivity index (χ3v) is 2.14. The van der Waals surface area contributed by atoms with Crippen molar-refractivity contribution >= 4 is 5.97 Å². The molecule has 0 aromatic heterocycles. The van der Waals surface area contributed by atoms with Crippen LogP contribution in [0.4, 0.5) is 0 Å². The van der Waals surface area contributed by atoms with Crippen molar-refractivity contribution in [1.29, 1.82) is 0 Å². The summed E-state index contributed by atoms with van der Waals surface area (Å²) in [6.45, 7) is 3.59. The lowest BCUT2D eigenvalue weighted by Gasteiger charge is -2.30. The Labute approximate surface area is 69.0 Å². The maximum absolute atomic E-state index is 10.7. The SMILES string of the molecule is C.CCC(C)(C(=O)O)N(C)C. The largest absolute Gasteiger partial charge is 0.480 e. The van der Waals surface area contributed by atoms with Crippen LogP contribution in [0.3, 0.4) is 0 Å². The van der Waals surface area contributed by atoms with E-state index in [2.05, 4.69) is 0 Å². The van der Waals surface area contributed by atoms with Crippen molar-refractivity contribution < 1.29 is 9.90 Å². The highest BCUT2D eigenvalue weighted by atomic mass is 16.4. The summed E-state index contributed by atoms with van der Waals surface area (Å²) in [5.41, 5.74) is -0.708. The number of carboxylic acid groups (broad SMARTS) is 1. The predicted octanol–water partition coefficient (Wildman–Crippen LogP) is 1.44. The third-order valence-electron chi connectivity index (χ3n) is 2.14. The molecule has 1 atom stereocenters. The van der Waals surface area contributed by atoms with Crippen LogP contribution >= 0.6 is 0 Å². The van der Waals surface area contributed by atoms with Crippen LogP contribution in [0.2, 0.25) is 0 Å². The predicted molar refractivity (Wildman–Crippen MR) is 46.7 cm³/mol. The van der Waals surface area contributed by atoms with E-state index in [1.165, 1.54) is 0 Å². The van der Waals surface area contributed by atoms with Crippen LogP contribution in [0.5, 0.6) is 0 Å². The van der Waals surface area contributed by atoms with E-state index in [0.717, 1.165) is 0 Å². The molecule has 0 saturated carbocycles. The molecular weight excluding hydrogens is 142 g/mol. The molecule has 0 saturated heterocycles. The minimum atomic E-state index is -0.764. The molecule has 11 heavy (non-hydrogen) atoms. The van der Waals surface area contributed by atoms with E-state index in [1.807, 2.05) is 6.92 Å². The van der Waals surface area contributed by atoms with Crippen LogP contribution in [0.1, 0.15) is 27.7 Å². The van der Waals surface area contributed by atoms with Gasteiger partial charge in [-0.25, -0.2) is 0 Å². The number of rotatable bonds is 3. The Hall–Kier alpha value is -0.570. The zero-order chi connectivity index (χ0) is 8.36. The summed E-state index contributed by atoms with van der Waals surface area (Å²) < 4.78 is 0. The molecule has 0 aliphatic carbocycles. The van der Waals surface area contributed by atoms with E-state index < -0.39 is 11.5 Å². The average Bonchev–Trinajstić information content (AvgIpc) is 1.85. The summed E-state index contributed by atoms with van der Waals surface area (Å²) in [7, 11) is 3.55. The quantitative estimate of drug-likeness (QED) is 0.681. The van der Waals surface area contributed by atoms with Crippen LogP contribution < -0.4 is 0 Å². The van der Waals surface area contributed by atoms with Crippen molar-refractivity contribution in [2.24, 2.45) is 0 Å². The summed E-state index contributed by atoms with van der Waals surface area (Å²) in [6, 6.07) is 0. The molecular formula is C8H19NO2. The van der Waals surface area contributed by atoms with Gasteiger partial charge in [-0.2, -0.15) is 0 Å². The normalized spacial score (nSPS) is 15.4. The fourth-order valence-corrected chi connectivity index (χ4v) is 0.659. The minimum Gasteiger partial charge on any atom is -0.480 e. The molecule has 0 amide bonds. The first kappa shape index (κ1) is 13.1. The van der Waals surface area contributed by atoms with Crippen molar-refractivity contribution in [3.8, 4) is 0 Å². The summed E-state index contributed by atoms with van der Waals surface area (Å²) in [5, 5.41) is 8.76. The molecule has 0 rings (SSSR count). The molecule has 0 bridgehead atoms. The second-order valence-corrected chi connectivity index (χ2v) is 2.83. The molecule has 3 heteroatoms. The lowest BCUT2D eigenvalue weighted by molar-refractivity contribution is -0.149. The Morgan fingerprint density at radius 1 is 1.55 bits per heavy atom. The maximum Gasteiger partial charge on any atom is 0.323 e. The van der Waals surface area contributed by atoms with Gasteiger partial charge in [-0.3, -0.25) is 9.69 Å². The van der Waals surface area contributed by atoms with Gasteiger partial charge in [0.1, 0.15) is 5.54 Å². The average molecular weight is 161 g/mol. The number of carbonyl (C=O) groups is 1. The fourth-order valence-electron chi connectivity index (χ4n) is 0.659. The van der Waals surface area contributed by atoms with Crippen molar-refractivity contribution in [2.45, 2.75) is 33.2 Å². The Bertz CT molecular complexity index is 134. The highest BCUT2D eigenvalue weighted by Crippen LogP contribution is 2.15. The van der Waals surface area contributed by atoms with Crippen molar-refractivity contribution in [2.75, 3.05) is 14.1 Å². The van der Waals surface area contributed by atoms with E-state index in [1.54, 1.807) is 25.9 Å². The van der Waals surface area contributed by atoms with Gasteiger partial charge in [0.05, 0.1) is 0 Å². The summed E-state index contributed by atoms with van der Waals surface area (Å²) in [4.78, 5) is 12.4. The number of hydrogen-bond donors (Lipinski definition) is 1. The first-order chi connectivity index (χ1) is 4.45. The van der Waals surface area contributed by atoms with Crippen LogP contribution in [-0.4, -0.2) is 35.6 Å². The van der Waals surface area contributed by atoms with E-state index >= 15 is 0 Å². The van der Waals surface area contributed by atoms with Crippen molar-refractivity contribution in [3.05, 3.63) is 0 Å². The molecule has 3 nitrogen and oxygen atoms in total. The Morgan fingerprint density at radius 2 is 1.91 bits per heavy atom. The summed E-state index contributed by atoms with van der Waals surface area (Å²) >= 11 is 0. The zero-order valence-electron chi connectivity index (χ0n) is 7.01.